The Morgan fingerprint density at radius 2 is 1.60 bits per heavy atom. The van der Waals surface area contributed by atoms with Crippen molar-refractivity contribution in [1.82, 2.24) is 4.72 Å². The van der Waals surface area contributed by atoms with E-state index < -0.39 is 28.0 Å². The molecule has 1 heterocycles. The van der Waals surface area contributed by atoms with Crippen molar-refractivity contribution in [2.45, 2.75) is 50.5 Å². The van der Waals surface area contributed by atoms with Gasteiger partial charge in [0.25, 0.3) is 15.9 Å². The standard InChI is InChI=1S/C28H29NO8S.2K/c1-4-5-19-14-21(28(31)32)9-12-23(19)37-26(20-8-13-24-25(15-20)36-16-35-24)27(30)29-38(33,34)22-10-6-18(7-11-22)17(2)3;;/h6-15,17,26H,4-5,16H2,1-3H3,(H,29,30)(H,31,32);;/q;2*+1. The molecule has 1 aliphatic heterocycles. The predicted octanol–water partition coefficient (Wildman–Crippen LogP) is -1.18. The maximum absolute atomic E-state index is 13.5. The van der Waals surface area contributed by atoms with Gasteiger partial charge in [0.1, 0.15) is 5.75 Å². The normalized spacial score (nSPS) is 12.6. The number of benzene rings is 3. The summed E-state index contributed by atoms with van der Waals surface area (Å²) in [5.41, 5.74) is 1.96. The number of aromatic carboxylic acids is 1. The number of ether oxygens (including phenoxy) is 3. The van der Waals surface area contributed by atoms with Gasteiger partial charge in [0, 0.05) is 5.56 Å². The number of nitrogens with one attached hydrogen (secondary N) is 1. The van der Waals surface area contributed by atoms with Crippen LogP contribution < -0.4 is 122 Å². The molecule has 0 bridgehead atoms. The van der Waals surface area contributed by atoms with Crippen LogP contribution in [0.5, 0.6) is 17.2 Å². The molecule has 0 aliphatic carbocycles. The molecule has 3 aromatic rings. The number of hydrogen-bond acceptors (Lipinski definition) is 7. The van der Waals surface area contributed by atoms with Crippen LogP contribution in [0, 0.1) is 0 Å². The molecular formula is C28H29K2NO8S+2. The largest absolute Gasteiger partial charge is 1.00 e. The number of hydrogen-bond donors (Lipinski definition) is 2. The topological polar surface area (TPSA) is 128 Å². The Bertz CT molecular complexity index is 1460. The molecule has 200 valence electrons. The van der Waals surface area contributed by atoms with Crippen LogP contribution in [0.25, 0.3) is 0 Å². The minimum atomic E-state index is -4.21. The average Bonchev–Trinajstić information content (AvgIpc) is 3.35. The molecule has 3 aromatic carbocycles. The Labute approximate surface area is 319 Å². The third kappa shape index (κ3) is 8.63. The minimum absolute atomic E-state index is 0. The fraction of sp³-hybridized carbons (Fsp3) is 0.286. The van der Waals surface area contributed by atoms with E-state index in [4.69, 9.17) is 14.2 Å². The van der Waals surface area contributed by atoms with Gasteiger partial charge in [-0.1, -0.05) is 45.4 Å². The van der Waals surface area contributed by atoms with Crippen LogP contribution in [0.1, 0.15) is 66.3 Å². The van der Waals surface area contributed by atoms with E-state index in [0.29, 0.717) is 35.5 Å². The Morgan fingerprint density at radius 1 is 0.950 bits per heavy atom. The summed E-state index contributed by atoms with van der Waals surface area (Å²) < 4.78 is 45.2. The second kappa shape index (κ2) is 15.6. The Morgan fingerprint density at radius 3 is 2.23 bits per heavy atom. The van der Waals surface area contributed by atoms with E-state index in [9.17, 15) is 23.1 Å². The Hall–Kier alpha value is -0.777. The monoisotopic (exact) mass is 617 g/mol. The van der Waals surface area contributed by atoms with Gasteiger partial charge in [-0.25, -0.2) is 17.9 Å². The number of carboxylic acids is 1. The van der Waals surface area contributed by atoms with Crippen LogP contribution in [0.3, 0.4) is 0 Å². The molecule has 1 atom stereocenters. The molecule has 1 unspecified atom stereocenters. The van der Waals surface area contributed by atoms with Gasteiger partial charge in [0.05, 0.1) is 10.5 Å². The maximum Gasteiger partial charge on any atom is 1.00 e. The van der Waals surface area contributed by atoms with Gasteiger partial charge in [-0.15, -0.1) is 0 Å². The number of sulfonamides is 1. The smallest absolute Gasteiger partial charge is 0.478 e. The molecular weight excluding hydrogens is 589 g/mol. The summed E-state index contributed by atoms with van der Waals surface area (Å²) in [7, 11) is -4.21. The van der Waals surface area contributed by atoms with Gasteiger partial charge in [0.15, 0.2) is 11.5 Å². The predicted molar refractivity (Wildman–Crippen MR) is 139 cm³/mol. The molecule has 2 N–H and O–H groups in total. The number of rotatable bonds is 10. The average molecular weight is 618 g/mol. The molecule has 1 amide bonds. The van der Waals surface area contributed by atoms with Crippen molar-refractivity contribution < 1.29 is 140 Å². The number of carboxylic acid groups (broad SMARTS) is 1. The molecule has 40 heavy (non-hydrogen) atoms. The molecule has 9 nitrogen and oxygen atoms in total. The first-order valence-corrected chi connectivity index (χ1v) is 13.7. The van der Waals surface area contributed by atoms with Crippen LogP contribution in [0.4, 0.5) is 0 Å². The van der Waals surface area contributed by atoms with Crippen molar-refractivity contribution in [3.8, 4) is 17.2 Å². The Balaban J connectivity index is 0.00000280. The van der Waals surface area contributed by atoms with Crippen molar-refractivity contribution in [3.05, 3.63) is 82.9 Å². The Kier molecular flexibility index (Phi) is 13.8. The van der Waals surface area contributed by atoms with E-state index in [1.165, 1.54) is 30.3 Å². The summed E-state index contributed by atoms with van der Waals surface area (Å²) in [5, 5.41) is 9.39. The van der Waals surface area contributed by atoms with Crippen LogP contribution in [-0.4, -0.2) is 32.2 Å². The van der Waals surface area contributed by atoms with Crippen molar-refractivity contribution in [3.63, 3.8) is 0 Å². The quantitative estimate of drug-likeness (QED) is 0.273. The molecule has 0 fully saturated rings. The van der Waals surface area contributed by atoms with Crippen molar-refractivity contribution in [2.24, 2.45) is 0 Å². The van der Waals surface area contributed by atoms with Gasteiger partial charge in [-0.3, -0.25) is 4.79 Å². The second-order valence-electron chi connectivity index (χ2n) is 9.18. The first-order chi connectivity index (χ1) is 18.1. The van der Waals surface area contributed by atoms with Gasteiger partial charge < -0.3 is 19.3 Å². The molecule has 0 aromatic heterocycles. The number of carbonyl (C=O) groups is 2. The SMILES string of the molecule is CCCc1cc(C(=O)O)ccc1OC(C(=O)NS(=O)(=O)c1ccc(C(C)C)cc1)c1ccc2c(c1)OCO2.[K+].[K+]. The number of fused-ring (bicyclic) bond motifs is 1. The van der Waals surface area contributed by atoms with Gasteiger partial charge in [-0.05, 0) is 65.9 Å². The third-order valence-corrected chi connectivity index (χ3v) is 7.46. The van der Waals surface area contributed by atoms with Crippen LogP contribution in [-0.2, 0) is 21.2 Å². The first kappa shape index (κ1) is 35.4. The first-order valence-electron chi connectivity index (χ1n) is 12.2. The van der Waals surface area contributed by atoms with Gasteiger partial charge >= 0.3 is 109 Å². The molecule has 0 saturated heterocycles. The number of aryl methyl sites for hydroxylation is 1. The summed E-state index contributed by atoms with van der Waals surface area (Å²) in [6.45, 7) is 5.94. The maximum atomic E-state index is 13.5. The molecule has 1 aliphatic rings. The van der Waals surface area contributed by atoms with E-state index in [1.54, 1.807) is 30.3 Å². The summed E-state index contributed by atoms with van der Waals surface area (Å²) in [5.74, 6) is -0.632. The zero-order valence-corrected chi connectivity index (χ0v) is 30.3. The van der Waals surface area contributed by atoms with Crippen molar-refractivity contribution in [1.29, 1.82) is 0 Å². The van der Waals surface area contributed by atoms with E-state index in [2.05, 4.69) is 4.72 Å². The second-order valence-corrected chi connectivity index (χ2v) is 10.9. The summed E-state index contributed by atoms with van der Waals surface area (Å²) in [4.78, 5) is 24.9. The van der Waals surface area contributed by atoms with Crippen LogP contribution in [0.15, 0.2) is 65.6 Å². The van der Waals surface area contributed by atoms with E-state index in [-0.39, 0.29) is 132 Å². The number of carbonyl (C=O) groups excluding carboxylic acids is 1. The van der Waals surface area contributed by atoms with E-state index >= 15 is 0 Å². The molecule has 0 saturated carbocycles. The van der Waals surface area contributed by atoms with Gasteiger partial charge in [0.2, 0.25) is 12.9 Å². The van der Waals surface area contributed by atoms with Crippen LogP contribution in [0.2, 0.25) is 0 Å². The van der Waals surface area contributed by atoms with Crippen molar-refractivity contribution >= 4 is 21.9 Å². The van der Waals surface area contributed by atoms with Gasteiger partial charge in [-0.2, -0.15) is 0 Å². The van der Waals surface area contributed by atoms with E-state index in [1.807, 2.05) is 20.8 Å². The molecule has 0 radical (unpaired) electrons. The number of amides is 1. The van der Waals surface area contributed by atoms with Crippen LogP contribution >= 0.6 is 0 Å². The fourth-order valence-electron chi connectivity index (χ4n) is 4.05. The summed E-state index contributed by atoms with van der Waals surface area (Å²) in [6, 6.07) is 15.4. The van der Waals surface area contributed by atoms with Crippen molar-refractivity contribution in [2.75, 3.05) is 6.79 Å². The molecule has 12 heteroatoms. The molecule has 0 spiro atoms. The fourth-order valence-corrected chi connectivity index (χ4v) is 5.03. The zero-order valence-electron chi connectivity index (χ0n) is 23.3. The summed E-state index contributed by atoms with van der Waals surface area (Å²) >= 11 is 0. The van der Waals surface area contributed by atoms with E-state index in [0.717, 1.165) is 5.56 Å². The minimum Gasteiger partial charge on any atom is -0.478 e. The zero-order chi connectivity index (χ0) is 27.4. The third-order valence-electron chi connectivity index (χ3n) is 6.10. The molecule has 4 rings (SSSR count). The summed E-state index contributed by atoms with van der Waals surface area (Å²) in [6.07, 6.45) is -0.200.